The summed E-state index contributed by atoms with van der Waals surface area (Å²) in [5.74, 6) is 2.51. The second kappa shape index (κ2) is 7.26. The summed E-state index contributed by atoms with van der Waals surface area (Å²) in [6.07, 6.45) is 7.05. The predicted octanol–water partition coefficient (Wildman–Crippen LogP) is 2.64. The van der Waals surface area contributed by atoms with Gasteiger partial charge in [-0.05, 0) is 32.6 Å². The number of rotatable bonds is 6. The molecule has 0 spiro atoms. The van der Waals surface area contributed by atoms with Crippen molar-refractivity contribution in [3.8, 4) is 0 Å². The zero-order valence-corrected chi connectivity index (χ0v) is 12.2. The maximum Gasteiger partial charge on any atom is 0.230 e. The maximum absolute atomic E-state index is 4.64. The molecule has 0 aliphatic carbocycles. The van der Waals surface area contributed by atoms with Crippen LogP contribution < -0.4 is 10.2 Å². The van der Waals surface area contributed by atoms with Gasteiger partial charge in [0.25, 0.3) is 0 Å². The highest BCUT2D eigenvalue weighted by Gasteiger charge is 2.15. The quantitative estimate of drug-likeness (QED) is 0.855. The predicted molar refractivity (Wildman–Crippen MR) is 78.7 cm³/mol. The molecule has 1 aliphatic rings. The summed E-state index contributed by atoms with van der Waals surface area (Å²) >= 11 is 0. The third kappa shape index (κ3) is 4.04. The summed E-state index contributed by atoms with van der Waals surface area (Å²) in [6, 6.07) is 0. The molecule has 1 fully saturated rings. The number of nitrogens with zero attached hydrogens (tertiary/aromatic N) is 4. The van der Waals surface area contributed by atoms with E-state index in [2.05, 4.69) is 39.0 Å². The molecular formula is C14H25N5. The van der Waals surface area contributed by atoms with Crippen molar-refractivity contribution < 1.29 is 0 Å². The van der Waals surface area contributed by atoms with Crippen LogP contribution in [0.1, 0.15) is 51.8 Å². The molecule has 2 rings (SSSR count). The Hall–Kier alpha value is -1.39. The van der Waals surface area contributed by atoms with Gasteiger partial charge in [-0.3, -0.25) is 0 Å². The zero-order valence-electron chi connectivity index (χ0n) is 12.2. The molecule has 1 N–H and O–H groups in total. The lowest BCUT2D eigenvalue weighted by molar-refractivity contribution is 0.565. The highest BCUT2D eigenvalue weighted by Crippen LogP contribution is 2.17. The molecule has 0 amide bonds. The zero-order chi connectivity index (χ0) is 13.5. The average Bonchev–Trinajstić information content (AvgIpc) is 2.46. The van der Waals surface area contributed by atoms with Gasteiger partial charge >= 0.3 is 0 Å². The molecule has 5 nitrogen and oxygen atoms in total. The maximum atomic E-state index is 4.64. The molecule has 0 atom stereocenters. The van der Waals surface area contributed by atoms with E-state index in [-0.39, 0.29) is 0 Å². The monoisotopic (exact) mass is 263 g/mol. The number of aromatic nitrogens is 3. The van der Waals surface area contributed by atoms with Crippen molar-refractivity contribution in [2.45, 2.75) is 52.4 Å². The molecule has 5 heteroatoms. The molecule has 1 aromatic rings. The van der Waals surface area contributed by atoms with Crippen LogP contribution in [0.4, 0.5) is 11.9 Å². The van der Waals surface area contributed by atoms with Gasteiger partial charge in [0.15, 0.2) is 0 Å². The van der Waals surface area contributed by atoms with Crippen molar-refractivity contribution in [3.05, 3.63) is 5.82 Å². The van der Waals surface area contributed by atoms with Crippen LogP contribution in [0.2, 0.25) is 0 Å². The Morgan fingerprint density at radius 1 is 1.05 bits per heavy atom. The van der Waals surface area contributed by atoms with E-state index in [0.717, 1.165) is 50.2 Å². The van der Waals surface area contributed by atoms with E-state index in [1.165, 1.54) is 25.7 Å². The van der Waals surface area contributed by atoms with E-state index in [9.17, 15) is 0 Å². The van der Waals surface area contributed by atoms with Crippen molar-refractivity contribution in [1.29, 1.82) is 0 Å². The fourth-order valence-corrected chi connectivity index (χ4v) is 2.33. The van der Waals surface area contributed by atoms with Crippen LogP contribution in [0.25, 0.3) is 0 Å². The van der Waals surface area contributed by atoms with Crippen molar-refractivity contribution >= 4 is 11.9 Å². The Kier molecular flexibility index (Phi) is 5.36. The molecule has 0 radical (unpaired) electrons. The standard InChI is InChI=1S/C14H25N5/c1-3-5-9-12-16-13(15-4-2)18-14(17-12)19-10-7-6-8-11-19/h3-11H2,1-2H3,(H,15,16,17,18). The van der Waals surface area contributed by atoms with Gasteiger partial charge in [-0.25, -0.2) is 0 Å². The van der Waals surface area contributed by atoms with Gasteiger partial charge < -0.3 is 10.2 Å². The molecule has 0 saturated carbocycles. The van der Waals surface area contributed by atoms with Gasteiger partial charge in [-0.2, -0.15) is 15.0 Å². The van der Waals surface area contributed by atoms with E-state index < -0.39 is 0 Å². The van der Waals surface area contributed by atoms with Gasteiger partial charge in [0, 0.05) is 26.1 Å². The van der Waals surface area contributed by atoms with E-state index in [4.69, 9.17) is 0 Å². The first-order valence-corrected chi connectivity index (χ1v) is 7.57. The molecule has 19 heavy (non-hydrogen) atoms. The Labute approximate surface area is 115 Å². The average molecular weight is 263 g/mol. The van der Waals surface area contributed by atoms with E-state index >= 15 is 0 Å². The van der Waals surface area contributed by atoms with E-state index in [1.54, 1.807) is 0 Å². The number of unbranched alkanes of at least 4 members (excludes halogenated alkanes) is 1. The molecule has 2 heterocycles. The number of piperidine rings is 1. The lowest BCUT2D eigenvalue weighted by atomic mass is 10.1. The molecule has 0 bridgehead atoms. The SMILES string of the molecule is CCCCc1nc(NCC)nc(N2CCCCC2)n1. The molecule has 1 saturated heterocycles. The first-order valence-electron chi connectivity index (χ1n) is 7.57. The molecular weight excluding hydrogens is 238 g/mol. The van der Waals surface area contributed by atoms with Gasteiger partial charge in [0.05, 0.1) is 0 Å². The van der Waals surface area contributed by atoms with Crippen molar-refractivity contribution in [3.63, 3.8) is 0 Å². The summed E-state index contributed by atoms with van der Waals surface area (Å²) in [7, 11) is 0. The van der Waals surface area contributed by atoms with Crippen LogP contribution in [0.3, 0.4) is 0 Å². The summed E-state index contributed by atoms with van der Waals surface area (Å²) in [5, 5.41) is 3.21. The Bertz CT molecular complexity index is 387. The second-order valence-corrected chi connectivity index (χ2v) is 5.06. The van der Waals surface area contributed by atoms with Crippen LogP contribution in [0, 0.1) is 0 Å². The van der Waals surface area contributed by atoms with Crippen LogP contribution in [-0.2, 0) is 6.42 Å². The lowest BCUT2D eigenvalue weighted by Crippen LogP contribution is -2.31. The van der Waals surface area contributed by atoms with Crippen molar-refractivity contribution in [2.75, 3.05) is 29.9 Å². The van der Waals surface area contributed by atoms with Gasteiger partial charge in [-0.1, -0.05) is 13.3 Å². The number of aryl methyl sites for hydroxylation is 1. The highest BCUT2D eigenvalue weighted by atomic mass is 15.3. The topological polar surface area (TPSA) is 53.9 Å². The summed E-state index contributed by atoms with van der Waals surface area (Å²) in [5.41, 5.74) is 0. The normalized spacial score (nSPS) is 15.6. The third-order valence-corrected chi connectivity index (χ3v) is 3.40. The number of hydrogen-bond acceptors (Lipinski definition) is 5. The Morgan fingerprint density at radius 3 is 2.53 bits per heavy atom. The number of hydrogen-bond donors (Lipinski definition) is 1. The van der Waals surface area contributed by atoms with Crippen LogP contribution in [0.15, 0.2) is 0 Å². The van der Waals surface area contributed by atoms with Crippen molar-refractivity contribution in [1.82, 2.24) is 15.0 Å². The van der Waals surface area contributed by atoms with Gasteiger partial charge in [0.1, 0.15) is 5.82 Å². The highest BCUT2D eigenvalue weighted by molar-refractivity contribution is 5.37. The van der Waals surface area contributed by atoms with Crippen LogP contribution in [-0.4, -0.2) is 34.6 Å². The summed E-state index contributed by atoms with van der Waals surface area (Å²) < 4.78 is 0. The minimum atomic E-state index is 0.726. The molecule has 1 aromatic heterocycles. The summed E-state index contributed by atoms with van der Waals surface area (Å²) in [6.45, 7) is 7.25. The first-order chi connectivity index (χ1) is 9.33. The largest absolute Gasteiger partial charge is 0.354 e. The third-order valence-electron chi connectivity index (χ3n) is 3.40. The molecule has 1 aliphatic heterocycles. The first kappa shape index (κ1) is 14.0. The molecule has 0 aromatic carbocycles. The van der Waals surface area contributed by atoms with Crippen LogP contribution in [0.5, 0.6) is 0 Å². The Balaban J connectivity index is 2.17. The van der Waals surface area contributed by atoms with Crippen LogP contribution >= 0.6 is 0 Å². The molecule has 0 unspecified atom stereocenters. The lowest BCUT2D eigenvalue weighted by Gasteiger charge is -2.27. The van der Waals surface area contributed by atoms with E-state index in [0.29, 0.717) is 0 Å². The fourth-order valence-electron chi connectivity index (χ4n) is 2.33. The van der Waals surface area contributed by atoms with E-state index in [1.807, 2.05) is 0 Å². The second-order valence-electron chi connectivity index (χ2n) is 5.06. The fraction of sp³-hybridized carbons (Fsp3) is 0.786. The van der Waals surface area contributed by atoms with Gasteiger partial charge in [-0.15, -0.1) is 0 Å². The molecule has 106 valence electrons. The van der Waals surface area contributed by atoms with Gasteiger partial charge in [0.2, 0.25) is 11.9 Å². The summed E-state index contributed by atoms with van der Waals surface area (Å²) in [4.78, 5) is 16.0. The smallest absolute Gasteiger partial charge is 0.230 e. The van der Waals surface area contributed by atoms with Crippen molar-refractivity contribution in [2.24, 2.45) is 0 Å². The Morgan fingerprint density at radius 2 is 1.84 bits per heavy atom. The minimum Gasteiger partial charge on any atom is -0.354 e. The minimum absolute atomic E-state index is 0.726. The number of anilines is 2. The number of nitrogens with one attached hydrogen (secondary N) is 1.